The Hall–Kier alpha value is -2.80. The molecule has 2 aliphatic rings. The van der Waals surface area contributed by atoms with Gasteiger partial charge in [-0.1, -0.05) is 6.07 Å². The van der Waals surface area contributed by atoms with Crippen LogP contribution >= 0.6 is 0 Å². The van der Waals surface area contributed by atoms with Crippen LogP contribution in [-0.2, 0) is 4.74 Å². The number of rotatable bonds is 5. The third-order valence-corrected chi connectivity index (χ3v) is 6.13. The summed E-state index contributed by atoms with van der Waals surface area (Å²) in [6.07, 6.45) is 3.69. The first-order valence-corrected chi connectivity index (χ1v) is 9.95. The lowest BCUT2D eigenvalue weighted by Crippen LogP contribution is -2.44. The number of fused-ring (bicyclic) bond motifs is 1. The van der Waals surface area contributed by atoms with Crippen LogP contribution in [0.25, 0.3) is 0 Å². The SMILES string of the molecule is COc1ccc(C(=O)N2C[C@H]3C[C@@H](Nc4ccccn4)[C@H](OC)C[C@H]3C2)cc1O. The smallest absolute Gasteiger partial charge is 0.254 e. The van der Waals surface area contributed by atoms with Crippen molar-refractivity contribution in [3.8, 4) is 11.5 Å². The fraction of sp³-hybridized carbons (Fsp3) is 0.455. The number of phenols is 1. The summed E-state index contributed by atoms with van der Waals surface area (Å²) in [6.45, 7) is 1.43. The number of likely N-dealkylation sites (tertiary alicyclic amines) is 1. The number of carbonyl (C=O) groups excluding carboxylic acids is 1. The second kappa shape index (κ2) is 8.29. The summed E-state index contributed by atoms with van der Waals surface area (Å²) in [5.74, 6) is 1.96. The molecule has 1 aliphatic heterocycles. The molecule has 7 heteroatoms. The van der Waals surface area contributed by atoms with Gasteiger partial charge in [0, 0.05) is 32.0 Å². The molecule has 2 N–H and O–H groups in total. The Balaban J connectivity index is 1.45. The van der Waals surface area contributed by atoms with Gasteiger partial charge < -0.3 is 24.8 Å². The number of anilines is 1. The molecule has 1 aliphatic carbocycles. The van der Waals surface area contributed by atoms with Gasteiger partial charge in [0.1, 0.15) is 5.82 Å². The monoisotopic (exact) mass is 397 g/mol. The van der Waals surface area contributed by atoms with Gasteiger partial charge in [-0.05, 0) is 55.0 Å². The molecule has 2 fully saturated rings. The lowest BCUT2D eigenvalue weighted by molar-refractivity contribution is 0.0304. The van der Waals surface area contributed by atoms with E-state index in [2.05, 4.69) is 10.3 Å². The largest absolute Gasteiger partial charge is 0.504 e. The number of ether oxygens (including phenoxy) is 2. The molecule has 4 atom stereocenters. The Kier molecular flexibility index (Phi) is 5.58. The first kappa shape index (κ1) is 19.5. The van der Waals surface area contributed by atoms with Crippen LogP contribution in [0, 0.1) is 11.8 Å². The third kappa shape index (κ3) is 4.00. The number of nitrogens with zero attached hydrogens (tertiary/aromatic N) is 2. The van der Waals surface area contributed by atoms with E-state index in [-0.39, 0.29) is 23.8 Å². The van der Waals surface area contributed by atoms with Crippen LogP contribution in [0.1, 0.15) is 23.2 Å². The van der Waals surface area contributed by atoms with E-state index in [4.69, 9.17) is 9.47 Å². The van der Waals surface area contributed by atoms with Crippen LogP contribution < -0.4 is 10.1 Å². The number of benzene rings is 1. The molecular weight excluding hydrogens is 370 g/mol. The molecule has 1 saturated heterocycles. The Labute approximate surface area is 170 Å². The topological polar surface area (TPSA) is 83.9 Å². The van der Waals surface area contributed by atoms with Crippen molar-refractivity contribution in [3.63, 3.8) is 0 Å². The molecule has 1 aromatic carbocycles. The zero-order valence-corrected chi connectivity index (χ0v) is 16.7. The maximum atomic E-state index is 13.0. The maximum absolute atomic E-state index is 13.0. The quantitative estimate of drug-likeness (QED) is 0.807. The molecule has 0 radical (unpaired) electrons. The number of hydrogen-bond donors (Lipinski definition) is 2. The molecule has 1 saturated carbocycles. The van der Waals surface area contributed by atoms with E-state index < -0.39 is 0 Å². The van der Waals surface area contributed by atoms with Gasteiger partial charge in [-0.2, -0.15) is 0 Å². The zero-order valence-electron chi connectivity index (χ0n) is 16.7. The first-order valence-electron chi connectivity index (χ1n) is 9.95. The van der Waals surface area contributed by atoms with Crippen molar-refractivity contribution in [2.45, 2.75) is 25.0 Å². The van der Waals surface area contributed by atoms with Gasteiger partial charge in [-0.3, -0.25) is 4.79 Å². The van der Waals surface area contributed by atoms with E-state index in [0.29, 0.717) is 36.2 Å². The van der Waals surface area contributed by atoms with Gasteiger partial charge in [-0.25, -0.2) is 4.98 Å². The molecule has 0 bridgehead atoms. The van der Waals surface area contributed by atoms with Crippen LogP contribution in [-0.4, -0.2) is 60.4 Å². The van der Waals surface area contributed by atoms with Gasteiger partial charge >= 0.3 is 0 Å². The Bertz CT molecular complexity index is 860. The minimum atomic E-state index is -0.0550. The molecule has 1 amide bonds. The van der Waals surface area contributed by atoms with Crippen molar-refractivity contribution >= 4 is 11.7 Å². The number of methoxy groups -OCH3 is 2. The Morgan fingerprint density at radius 1 is 1.17 bits per heavy atom. The summed E-state index contributed by atoms with van der Waals surface area (Å²) in [5, 5.41) is 13.5. The lowest BCUT2D eigenvalue weighted by atomic mass is 9.77. The van der Waals surface area contributed by atoms with E-state index in [1.165, 1.54) is 13.2 Å². The summed E-state index contributed by atoms with van der Waals surface area (Å²) in [7, 11) is 3.24. The number of carbonyl (C=O) groups is 1. The molecule has 1 aromatic heterocycles. The number of hydrogen-bond acceptors (Lipinski definition) is 6. The van der Waals surface area contributed by atoms with E-state index in [1.807, 2.05) is 23.1 Å². The van der Waals surface area contributed by atoms with E-state index >= 15 is 0 Å². The molecule has 154 valence electrons. The Morgan fingerprint density at radius 3 is 2.62 bits per heavy atom. The fourth-order valence-electron chi connectivity index (χ4n) is 4.64. The summed E-state index contributed by atoms with van der Waals surface area (Å²) < 4.78 is 10.8. The molecule has 2 heterocycles. The van der Waals surface area contributed by atoms with Crippen LogP contribution in [0.2, 0.25) is 0 Å². The standard InChI is InChI=1S/C22H27N3O4/c1-28-19-7-6-14(10-18(19)26)22(27)25-12-15-9-17(20(29-2)11-16(15)13-25)24-21-5-3-4-8-23-21/h3-8,10,15-17,20,26H,9,11-13H2,1-2H3,(H,23,24)/t15-,16+,17-,20-/m1/s1. The highest BCUT2D eigenvalue weighted by molar-refractivity contribution is 5.95. The minimum Gasteiger partial charge on any atom is -0.504 e. The molecule has 4 rings (SSSR count). The number of pyridine rings is 1. The van der Waals surface area contributed by atoms with Gasteiger partial charge in [0.2, 0.25) is 0 Å². The van der Waals surface area contributed by atoms with Crippen molar-refractivity contribution in [1.29, 1.82) is 0 Å². The highest BCUT2D eigenvalue weighted by Gasteiger charge is 2.43. The van der Waals surface area contributed by atoms with Crippen LogP contribution in [0.15, 0.2) is 42.6 Å². The third-order valence-electron chi connectivity index (χ3n) is 6.13. The van der Waals surface area contributed by atoms with E-state index in [1.54, 1.807) is 25.4 Å². The zero-order chi connectivity index (χ0) is 20.4. The summed E-state index contributed by atoms with van der Waals surface area (Å²) in [5.41, 5.74) is 0.480. The lowest BCUT2D eigenvalue weighted by Gasteiger charge is -2.37. The number of nitrogens with one attached hydrogen (secondary N) is 1. The predicted molar refractivity (Wildman–Crippen MR) is 109 cm³/mol. The van der Waals surface area contributed by atoms with Crippen molar-refractivity contribution in [2.75, 3.05) is 32.6 Å². The summed E-state index contributed by atoms with van der Waals surface area (Å²) in [4.78, 5) is 19.2. The number of amides is 1. The molecular formula is C22H27N3O4. The molecule has 29 heavy (non-hydrogen) atoms. The highest BCUT2D eigenvalue weighted by atomic mass is 16.5. The average Bonchev–Trinajstić information content (AvgIpc) is 3.16. The minimum absolute atomic E-state index is 0.0194. The van der Waals surface area contributed by atoms with Crippen LogP contribution in [0.4, 0.5) is 5.82 Å². The van der Waals surface area contributed by atoms with Crippen LogP contribution in [0.5, 0.6) is 11.5 Å². The van der Waals surface area contributed by atoms with Gasteiger partial charge in [0.05, 0.1) is 19.3 Å². The van der Waals surface area contributed by atoms with Crippen LogP contribution in [0.3, 0.4) is 0 Å². The summed E-state index contributed by atoms with van der Waals surface area (Å²) >= 11 is 0. The van der Waals surface area contributed by atoms with Crippen molar-refractivity contribution in [3.05, 3.63) is 48.2 Å². The van der Waals surface area contributed by atoms with Crippen molar-refractivity contribution in [1.82, 2.24) is 9.88 Å². The molecule has 2 aromatic rings. The van der Waals surface area contributed by atoms with E-state index in [9.17, 15) is 9.90 Å². The molecule has 0 unspecified atom stereocenters. The predicted octanol–water partition coefficient (Wildman–Crippen LogP) is 2.77. The maximum Gasteiger partial charge on any atom is 0.254 e. The van der Waals surface area contributed by atoms with Gasteiger partial charge in [0.15, 0.2) is 11.5 Å². The Morgan fingerprint density at radius 2 is 1.97 bits per heavy atom. The number of aromatic hydroxyl groups is 1. The van der Waals surface area contributed by atoms with Gasteiger partial charge in [0.25, 0.3) is 5.91 Å². The fourth-order valence-corrected chi connectivity index (χ4v) is 4.64. The second-order valence-corrected chi connectivity index (χ2v) is 7.83. The summed E-state index contributed by atoms with van der Waals surface area (Å²) in [6, 6.07) is 10.8. The van der Waals surface area contributed by atoms with E-state index in [0.717, 1.165) is 18.7 Å². The second-order valence-electron chi connectivity index (χ2n) is 7.83. The average molecular weight is 397 g/mol. The number of aromatic nitrogens is 1. The number of phenolic OH excluding ortho intramolecular Hbond substituents is 1. The van der Waals surface area contributed by atoms with Crippen molar-refractivity contribution in [2.24, 2.45) is 11.8 Å². The molecule has 7 nitrogen and oxygen atoms in total. The first-order chi connectivity index (χ1) is 14.1. The van der Waals surface area contributed by atoms with Crippen molar-refractivity contribution < 1.29 is 19.4 Å². The molecule has 0 spiro atoms. The normalized spacial score (nSPS) is 26.1. The highest BCUT2D eigenvalue weighted by Crippen LogP contribution is 2.39. The van der Waals surface area contributed by atoms with Gasteiger partial charge in [-0.15, -0.1) is 0 Å².